The highest BCUT2D eigenvalue weighted by Crippen LogP contribution is 2.53. The van der Waals surface area contributed by atoms with Gasteiger partial charge in [0.1, 0.15) is 0 Å². The maximum absolute atomic E-state index is 2.54. The summed E-state index contributed by atoms with van der Waals surface area (Å²) >= 11 is 1.88. The minimum absolute atomic E-state index is 0.133. The van der Waals surface area contributed by atoms with Crippen LogP contribution >= 0.6 is 11.3 Å². The molecule has 53 heavy (non-hydrogen) atoms. The molecule has 8 aromatic carbocycles. The zero-order valence-electron chi connectivity index (χ0n) is 29.8. The second-order valence-electron chi connectivity index (χ2n) is 14.5. The van der Waals surface area contributed by atoms with Crippen LogP contribution < -0.4 is 4.90 Å². The van der Waals surface area contributed by atoms with Crippen LogP contribution in [0, 0.1) is 0 Å². The van der Waals surface area contributed by atoms with Crippen LogP contribution in [0.15, 0.2) is 188 Å². The molecular formula is C51H37NS. The van der Waals surface area contributed by atoms with Crippen molar-refractivity contribution in [1.29, 1.82) is 0 Å². The minimum Gasteiger partial charge on any atom is -0.308 e. The van der Waals surface area contributed by atoms with Gasteiger partial charge in [0, 0.05) is 32.1 Å². The normalized spacial score (nSPS) is 12.9. The van der Waals surface area contributed by atoms with Crippen LogP contribution in [-0.4, -0.2) is 0 Å². The number of hydrogen-bond acceptors (Lipinski definition) is 2. The van der Waals surface area contributed by atoms with E-state index in [1.165, 1.54) is 81.5 Å². The fourth-order valence-electron chi connectivity index (χ4n) is 8.40. The van der Waals surface area contributed by atoms with Gasteiger partial charge in [0.2, 0.25) is 0 Å². The molecule has 0 atom stereocenters. The lowest BCUT2D eigenvalue weighted by atomic mass is 9.82. The molecule has 9 aromatic rings. The SMILES string of the molecule is CC1(C)c2ccccc2-c2ccc(N(c3ccc(-c4ccccc4)cc3-c3ccccc3)c3cc(-c4ccccc4)cc4c3sc3ccccc34)cc21. The van der Waals surface area contributed by atoms with Gasteiger partial charge in [0.15, 0.2) is 0 Å². The summed E-state index contributed by atoms with van der Waals surface area (Å²) in [6, 6.07) is 69.2. The summed E-state index contributed by atoms with van der Waals surface area (Å²) in [5, 5.41) is 2.57. The van der Waals surface area contributed by atoms with Crippen molar-refractivity contribution in [3.05, 3.63) is 199 Å². The first-order chi connectivity index (χ1) is 26.0. The Kier molecular flexibility index (Phi) is 7.42. The van der Waals surface area contributed by atoms with E-state index in [9.17, 15) is 0 Å². The van der Waals surface area contributed by atoms with Crippen molar-refractivity contribution in [2.45, 2.75) is 19.3 Å². The number of anilines is 3. The fraction of sp³-hybridized carbons (Fsp3) is 0.0588. The maximum Gasteiger partial charge on any atom is 0.0646 e. The summed E-state index contributed by atoms with van der Waals surface area (Å²) in [6.45, 7) is 4.74. The van der Waals surface area contributed by atoms with Crippen molar-refractivity contribution < 1.29 is 0 Å². The van der Waals surface area contributed by atoms with E-state index in [1.54, 1.807) is 0 Å². The second kappa shape index (κ2) is 12.5. The van der Waals surface area contributed by atoms with Gasteiger partial charge < -0.3 is 4.90 Å². The highest BCUT2D eigenvalue weighted by molar-refractivity contribution is 7.26. The van der Waals surface area contributed by atoms with Crippen molar-refractivity contribution in [2.75, 3.05) is 4.90 Å². The quantitative estimate of drug-likeness (QED) is 0.167. The van der Waals surface area contributed by atoms with Gasteiger partial charge in [-0.3, -0.25) is 0 Å². The molecule has 0 spiro atoms. The first-order valence-electron chi connectivity index (χ1n) is 18.3. The lowest BCUT2D eigenvalue weighted by Crippen LogP contribution is -2.17. The number of hydrogen-bond donors (Lipinski definition) is 0. The summed E-state index contributed by atoms with van der Waals surface area (Å²) in [5.74, 6) is 0. The summed E-state index contributed by atoms with van der Waals surface area (Å²) in [4.78, 5) is 2.54. The Morgan fingerprint density at radius 3 is 1.77 bits per heavy atom. The molecule has 0 fully saturated rings. The van der Waals surface area contributed by atoms with E-state index in [1.807, 2.05) is 11.3 Å². The van der Waals surface area contributed by atoms with E-state index >= 15 is 0 Å². The Bertz CT molecular complexity index is 2800. The predicted molar refractivity (Wildman–Crippen MR) is 228 cm³/mol. The van der Waals surface area contributed by atoms with Crippen LogP contribution in [0.1, 0.15) is 25.0 Å². The van der Waals surface area contributed by atoms with E-state index in [0.29, 0.717) is 0 Å². The van der Waals surface area contributed by atoms with Gasteiger partial charge in [-0.1, -0.05) is 159 Å². The Morgan fingerprint density at radius 1 is 0.396 bits per heavy atom. The smallest absolute Gasteiger partial charge is 0.0646 e. The first-order valence-corrected chi connectivity index (χ1v) is 19.2. The Hall–Kier alpha value is -6.22. The van der Waals surface area contributed by atoms with E-state index in [4.69, 9.17) is 0 Å². The van der Waals surface area contributed by atoms with Crippen LogP contribution in [0.2, 0.25) is 0 Å². The van der Waals surface area contributed by atoms with Crippen molar-refractivity contribution in [3.8, 4) is 44.5 Å². The average Bonchev–Trinajstić information content (AvgIpc) is 3.71. The number of fused-ring (bicyclic) bond motifs is 6. The number of thiophene rings is 1. The Labute approximate surface area is 315 Å². The van der Waals surface area contributed by atoms with Crippen LogP contribution in [0.3, 0.4) is 0 Å². The topological polar surface area (TPSA) is 3.24 Å². The molecule has 0 amide bonds. The molecule has 0 bridgehead atoms. The van der Waals surface area contributed by atoms with Crippen molar-refractivity contribution >= 4 is 48.6 Å². The average molecular weight is 696 g/mol. The van der Waals surface area contributed by atoms with Gasteiger partial charge in [-0.15, -0.1) is 11.3 Å². The predicted octanol–water partition coefficient (Wildman–Crippen LogP) is 14.8. The van der Waals surface area contributed by atoms with E-state index in [2.05, 4.69) is 207 Å². The van der Waals surface area contributed by atoms with Gasteiger partial charge in [-0.25, -0.2) is 0 Å². The Balaban J connectivity index is 1.30. The zero-order valence-corrected chi connectivity index (χ0v) is 30.6. The zero-order chi connectivity index (χ0) is 35.5. The highest BCUT2D eigenvalue weighted by Gasteiger charge is 2.36. The fourth-order valence-corrected chi connectivity index (χ4v) is 9.59. The summed E-state index contributed by atoms with van der Waals surface area (Å²) in [6.07, 6.45) is 0. The number of nitrogens with zero attached hydrogens (tertiary/aromatic N) is 1. The van der Waals surface area contributed by atoms with Gasteiger partial charge in [-0.05, 0) is 92.5 Å². The molecule has 1 aliphatic rings. The van der Waals surface area contributed by atoms with Gasteiger partial charge in [0.25, 0.3) is 0 Å². The molecule has 10 rings (SSSR count). The summed E-state index contributed by atoms with van der Waals surface area (Å²) in [5.41, 5.74) is 15.9. The van der Waals surface area contributed by atoms with Gasteiger partial charge >= 0.3 is 0 Å². The second-order valence-corrected chi connectivity index (χ2v) is 15.6. The molecule has 1 aromatic heterocycles. The number of rotatable bonds is 6. The highest BCUT2D eigenvalue weighted by atomic mass is 32.1. The van der Waals surface area contributed by atoms with Crippen molar-refractivity contribution in [3.63, 3.8) is 0 Å². The summed E-state index contributed by atoms with van der Waals surface area (Å²) < 4.78 is 2.57. The Morgan fingerprint density at radius 2 is 1.02 bits per heavy atom. The molecular weight excluding hydrogens is 659 g/mol. The minimum atomic E-state index is -0.133. The van der Waals surface area contributed by atoms with Gasteiger partial charge in [0.05, 0.1) is 16.1 Å². The standard InChI is InChI=1S/C51H37NS/c1-51(2)45-24-14-12-22-40(45)41-28-27-39(33-46(41)51)52(47-29-26-37(34-16-6-3-7-17-34)30-43(47)36-20-10-5-11-21-36)48-32-38(35-18-8-4-9-19-35)31-44-42-23-13-15-25-49(42)53-50(44)48/h3-33H,1-2H3. The third kappa shape index (κ3) is 5.21. The molecule has 0 unspecified atom stereocenters. The molecule has 0 N–H and O–H groups in total. The van der Waals surface area contributed by atoms with E-state index in [-0.39, 0.29) is 5.41 Å². The van der Waals surface area contributed by atoms with Crippen molar-refractivity contribution in [1.82, 2.24) is 0 Å². The van der Waals surface area contributed by atoms with Crippen LogP contribution in [0.25, 0.3) is 64.7 Å². The largest absolute Gasteiger partial charge is 0.308 e. The van der Waals surface area contributed by atoms with E-state index < -0.39 is 0 Å². The van der Waals surface area contributed by atoms with Crippen molar-refractivity contribution in [2.24, 2.45) is 0 Å². The van der Waals surface area contributed by atoms with E-state index in [0.717, 1.165) is 11.4 Å². The third-order valence-corrected chi connectivity index (χ3v) is 12.3. The molecule has 0 aliphatic heterocycles. The first kappa shape index (κ1) is 31.5. The lowest BCUT2D eigenvalue weighted by Gasteiger charge is -2.31. The molecule has 1 nitrogen and oxygen atoms in total. The molecule has 1 heterocycles. The van der Waals surface area contributed by atoms with Crippen LogP contribution in [0.4, 0.5) is 17.1 Å². The maximum atomic E-state index is 2.54. The van der Waals surface area contributed by atoms with Gasteiger partial charge in [-0.2, -0.15) is 0 Å². The molecule has 252 valence electrons. The molecule has 1 aliphatic carbocycles. The molecule has 0 radical (unpaired) electrons. The van der Waals surface area contributed by atoms with Crippen LogP contribution in [-0.2, 0) is 5.41 Å². The molecule has 0 saturated carbocycles. The molecule has 2 heteroatoms. The van der Waals surface area contributed by atoms with Crippen LogP contribution in [0.5, 0.6) is 0 Å². The summed E-state index contributed by atoms with van der Waals surface area (Å²) in [7, 11) is 0. The lowest BCUT2D eigenvalue weighted by molar-refractivity contribution is 0.660. The number of benzene rings is 8. The third-order valence-electron chi connectivity index (χ3n) is 11.1. The monoisotopic (exact) mass is 695 g/mol. The molecule has 0 saturated heterocycles.